The Labute approximate surface area is 99.0 Å². The summed E-state index contributed by atoms with van der Waals surface area (Å²) in [5.74, 6) is 7.77. The number of nitrogen functional groups attached to an aromatic ring is 1. The molecule has 0 aromatic carbocycles. The van der Waals surface area contributed by atoms with E-state index < -0.39 is 0 Å². The minimum absolute atomic E-state index is 0.685. The van der Waals surface area contributed by atoms with Gasteiger partial charge in [-0.05, 0) is 32.3 Å². The zero-order chi connectivity index (χ0) is 11.8. The van der Waals surface area contributed by atoms with Crippen molar-refractivity contribution in [3.63, 3.8) is 0 Å². The first-order chi connectivity index (χ1) is 8.29. The van der Waals surface area contributed by atoms with Crippen LogP contribution in [0.15, 0.2) is 16.7 Å². The highest BCUT2D eigenvalue weighted by molar-refractivity contribution is 5.61. The summed E-state index contributed by atoms with van der Waals surface area (Å²) in [6, 6.07) is 1.88. The van der Waals surface area contributed by atoms with E-state index in [4.69, 9.17) is 10.3 Å². The first-order valence-corrected chi connectivity index (χ1v) is 5.70. The van der Waals surface area contributed by atoms with Gasteiger partial charge in [0, 0.05) is 11.3 Å². The third-order valence-electron chi connectivity index (χ3n) is 3.17. The third kappa shape index (κ3) is 1.59. The van der Waals surface area contributed by atoms with E-state index in [-0.39, 0.29) is 0 Å². The minimum Gasteiger partial charge on any atom is -0.469 e. The second kappa shape index (κ2) is 3.85. The van der Waals surface area contributed by atoms with Gasteiger partial charge in [0.05, 0.1) is 11.8 Å². The molecular formula is C12H14N4O. The van der Waals surface area contributed by atoms with Crippen molar-refractivity contribution in [3.05, 3.63) is 29.3 Å². The highest BCUT2D eigenvalue weighted by Gasteiger charge is 2.20. The van der Waals surface area contributed by atoms with Crippen molar-refractivity contribution in [2.75, 3.05) is 5.43 Å². The summed E-state index contributed by atoms with van der Waals surface area (Å²) in [5.41, 5.74) is 5.85. The normalized spacial score (nSPS) is 13.8. The monoisotopic (exact) mass is 230 g/mol. The zero-order valence-corrected chi connectivity index (χ0v) is 9.66. The fraction of sp³-hybridized carbons (Fsp3) is 0.333. The number of anilines is 1. The fourth-order valence-electron chi connectivity index (χ4n) is 2.29. The van der Waals surface area contributed by atoms with Crippen LogP contribution in [0.1, 0.15) is 23.4 Å². The van der Waals surface area contributed by atoms with E-state index in [1.54, 1.807) is 6.26 Å². The average Bonchev–Trinajstić information content (AvgIpc) is 2.95. The Hall–Kier alpha value is -1.88. The van der Waals surface area contributed by atoms with Crippen molar-refractivity contribution in [2.24, 2.45) is 5.84 Å². The van der Waals surface area contributed by atoms with Crippen LogP contribution in [0.3, 0.4) is 0 Å². The lowest BCUT2D eigenvalue weighted by molar-refractivity contribution is 0.535. The molecule has 0 fully saturated rings. The SMILES string of the molecule is Cc1occc1-c1nc2c(c(NN)n1)CCC2. The molecule has 2 aromatic rings. The summed E-state index contributed by atoms with van der Waals surface area (Å²) in [5, 5.41) is 0. The first kappa shape index (κ1) is 10.3. The van der Waals surface area contributed by atoms with Crippen molar-refractivity contribution < 1.29 is 4.42 Å². The summed E-state index contributed by atoms with van der Waals surface area (Å²) in [7, 11) is 0. The lowest BCUT2D eigenvalue weighted by Crippen LogP contribution is -2.12. The minimum atomic E-state index is 0.685. The molecule has 88 valence electrons. The lowest BCUT2D eigenvalue weighted by atomic mass is 10.2. The molecule has 1 aliphatic rings. The molecule has 2 aromatic heterocycles. The first-order valence-electron chi connectivity index (χ1n) is 5.70. The number of furan rings is 1. The van der Waals surface area contributed by atoms with Crippen LogP contribution in [0, 0.1) is 6.92 Å². The molecule has 0 amide bonds. The highest BCUT2D eigenvalue weighted by atomic mass is 16.3. The molecule has 0 bridgehead atoms. The molecule has 0 spiro atoms. The molecule has 17 heavy (non-hydrogen) atoms. The largest absolute Gasteiger partial charge is 0.469 e. The number of nitrogens with one attached hydrogen (secondary N) is 1. The van der Waals surface area contributed by atoms with Crippen LogP contribution in [0.25, 0.3) is 11.4 Å². The number of rotatable bonds is 2. The molecule has 0 radical (unpaired) electrons. The summed E-state index contributed by atoms with van der Waals surface area (Å²) in [6.45, 7) is 1.90. The van der Waals surface area contributed by atoms with E-state index >= 15 is 0 Å². The van der Waals surface area contributed by atoms with Gasteiger partial charge in [0.2, 0.25) is 0 Å². The number of nitrogens with two attached hydrogens (primary N) is 1. The van der Waals surface area contributed by atoms with Crippen molar-refractivity contribution in [2.45, 2.75) is 26.2 Å². The van der Waals surface area contributed by atoms with Crippen LogP contribution < -0.4 is 11.3 Å². The standard InChI is InChI=1S/C12H14N4O/c1-7-8(5-6-17-7)11-14-10-4-2-3-9(10)12(15-11)16-13/h5-6H,2-4,13H2,1H3,(H,14,15,16). The van der Waals surface area contributed by atoms with E-state index in [9.17, 15) is 0 Å². The molecule has 0 unspecified atom stereocenters. The van der Waals surface area contributed by atoms with Crippen molar-refractivity contribution in [3.8, 4) is 11.4 Å². The Balaban J connectivity index is 2.16. The number of aromatic nitrogens is 2. The molecule has 0 atom stereocenters. The van der Waals surface area contributed by atoms with Gasteiger partial charge in [-0.3, -0.25) is 0 Å². The topological polar surface area (TPSA) is 77.0 Å². The Morgan fingerprint density at radius 3 is 2.94 bits per heavy atom. The molecule has 3 N–H and O–H groups in total. The molecule has 1 aliphatic carbocycles. The van der Waals surface area contributed by atoms with Crippen molar-refractivity contribution in [1.82, 2.24) is 9.97 Å². The van der Waals surface area contributed by atoms with Gasteiger partial charge in [0.1, 0.15) is 11.6 Å². The van der Waals surface area contributed by atoms with E-state index in [1.165, 1.54) is 0 Å². The predicted molar refractivity (Wildman–Crippen MR) is 64.3 cm³/mol. The van der Waals surface area contributed by atoms with Crippen LogP contribution in [0.2, 0.25) is 0 Å². The Morgan fingerprint density at radius 1 is 1.35 bits per heavy atom. The predicted octanol–water partition coefficient (Wildman–Crippen LogP) is 1.82. The van der Waals surface area contributed by atoms with Crippen LogP contribution >= 0.6 is 0 Å². The fourth-order valence-corrected chi connectivity index (χ4v) is 2.29. The number of fused-ring (bicyclic) bond motifs is 1. The molecule has 5 heteroatoms. The van der Waals surface area contributed by atoms with E-state index in [0.717, 1.165) is 47.7 Å². The zero-order valence-electron chi connectivity index (χ0n) is 9.66. The van der Waals surface area contributed by atoms with Crippen LogP contribution in [0.5, 0.6) is 0 Å². The smallest absolute Gasteiger partial charge is 0.165 e. The van der Waals surface area contributed by atoms with E-state index in [1.807, 2.05) is 13.0 Å². The Bertz CT molecular complexity index is 562. The third-order valence-corrected chi connectivity index (χ3v) is 3.17. The van der Waals surface area contributed by atoms with E-state index in [0.29, 0.717) is 5.82 Å². The van der Waals surface area contributed by atoms with Crippen LogP contribution in [-0.4, -0.2) is 9.97 Å². The number of hydrazine groups is 1. The van der Waals surface area contributed by atoms with Gasteiger partial charge in [-0.25, -0.2) is 15.8 Å². The molecule has 5 nitrogen and oxygen atoms in total. The van der Waals surface area contributed by atoms with Gasteiger partial charge in [-0.1, -0.05) is 0 Å². The highest BCUT2D eigenvalue weighted by Crippen LogP contribution is 2.29. The van der Waals surface area contributed by atoms with Crippen molar-refractivity contribution >= 4 is 5.82 Å². The molecule has 2 heterocycles. The second-order valence-corrected chi connectivity index (χ2v) is 4.21. The van der Waals surface area contributed by atoms with Gasteiger partial charge < -0.3 is 9.84 Å². The Morgan fingerprint density at radius 2 is 2.24 bits per heavy atom. The lowest BCUT2D eigenvalue weighted by Gasteiger charge is -2.08. The van der Waals surface area contributed by atoms with Gasteiger partial charge in [0.15, 0.2) is 5.82 Å². The maximum atomic E-state index is 5.52. The maximum Gasteiger partial charge on any atom is 0.165 e. The number of aryl methyl sites for hydroxylation is 2. The summed E-state index contributed by atoms with van der Waals surface area (Å²) < 4.78 is 5.28. The van der Waals surface area contributed by atoms with Crippen LogP contribution in [-0.2, 0) is 12.8 Å². The molecule has 0 saturated carbocycles. The second-order valence-electron chi connectivity index (χ2n) is 4.21. The van der Waals surface area contributed by atoms with Crippen molar-refractivity contribution in [1.29, 1.82) is 0 Å². The number of hydrogen-bond donors (Lipinski definition) is 2. The van der Waals surface area contributed by atoms with E-state index in [2.05, 4.69) is 15.4 Å². The van der Waals surface area contributed by atoms with Gasteiger partial charge in [0.25, 0.3) is 0 Å². The Kier molecular flexibility index (Phi) is 2.33. The number of nitrogens with zero attached hydrogens (tertiary/aromatic N) is 2. The quantitative estimate of drug-likeness (QED) is 0.608. The maximum absolute atomic E-state index is 5.52. The number of hydrogen-bond acceptors (Lipinski definition) is 5. The summed E-state index contributed by atoms with van der Waals surface area (Å²) in [4.78, 5) is 9.06. The summed E-state index contributed by atoms with van der Waals surface area (Å²) >= 11 is 0. The molecule has 3 rings (SSSR count). The van der Waals surface area contributed by atoms with Gasteiger partial charge in [-0.15, -0.1) is 0 Å². The molecule has 0 aliphatic heterocycles. The summed E-state index contributed by atoms with van der Waals surface area (Å²) in [6.07, 6.45) is 4.76. The van der Waals surface area contributed by atoms with Crippen LogP contribution in [0.4, 0.5) is 5.82 Å². The molecule has 0 saturated heterocycles. The van der Waals surface area contributed by atoms with Gasteiger partial charge >= 0.3 is 0 Å². The average molecular weight is 230 g/mol. The molecular weight excluding hydrogens is 216 g/mol. The van der Waals surface area contributed by atoms with Gasteiger partial charge in [-0.2, -0.15) is 0 Å².